The highest BCUT2D eigenvalue weighted by Crippen LogP contribution is 2.32. The fourth-order valence-electron chi connectivity index (χ4n) is 1.68. The molecule has 0 radical (unpaired) electrons. The third kappa shape index (κ3) is 4.99. The Labute approximate surface area is 138 Å². The number of benzene rings is 1. The van der Waals surface area contributed by atoms with Crippen LogP contribution in [-0.2, 0) is 6.54 Å². The molecule has 0 unspecified atom stereocenters. The molecule has 0 aliphatic heterocycles. The predicted octanol–water partition coefficient (Wildman–Crippen LogP) is 5.18. The second kappa shape index (κ2) is 6.77. The van der Waals surface area contributed by atoms with Crippen molar-refractivity contribution in [3.63, 3.8) is 0 Å². The number of halogens is 2. The van der Waals surface area contributed by atoms with Crippen molar-refractivity contribution in [1.82, 2.24) is 10.3 Å². The molecular formula is C16H18BrClN2O. The van der Waals surface area contributed by atoms with Crippen LogP contribution < -0.4 is 10.1 Å². The maximum absolute atomic E-state index is 6.20. The zero-order chi connectivity index (χ0) is 15.5. The van der Waals surface area contributed by atoms with E-state index in [1.165, 1.54) is 0 Å². The third-order valence-electron chi connectivity index (χ3n) is 2.78. The molecular weight excluding hydrogens is 352 g/mol. The molecule has 2 rings (SSSR count). The van der Waals surface area contributed by atoms with E-state index in [0.29, 0.717) is 17.3 Å². The van der Waals surface area contributed by atoms with Gasteiger partial charge in [-0.1, -0.05) is 27.5 Å². The Balaban J connectivity index is 2.20. The van der Waals surface area contributed by atoms with E-state index in [9.17, 15) is 0 Å². The van der Waals surface area contributed by atoms with E-state index in [2.05, 4.69) is 47.0 Å². The van der Waals surface area contributed by atoms with Crippen LogP contribution in [0, 0.1) is 0 Å². The van der Waals surface area contributed by atoms with E-state index in [-0.39, 0.29) is 5.54 Å². The molecule has 0 fully saturated rings. The summed E-state index contributed by atoms with van der Waals surface area (Å²) in [5.74, 6) is 1.38. The van der Waals surface area contributed by atoms with Crippen molar-refractivity contribution in [2.45, 2.75) is 32.9 Å². The van der Waals surface area contributed by atoms with Crippen molar-refractivity contribution in [3.05, 3.63) is 51.7 Å². The van der Waals surface area contributed by atoms with Crippen LogP contribution in [0.2, 0.25) is 5.02 Å². The van der Waals surface area contributed by atoms with Gasteiger partial charge in [-0.15, -0.1) is 0 Å². The summed E-state index contributed by atoms with van der Waals surface area (Å²) in [4.78, 5) is 4.16. The molecule has 0 aliphatic carbocycles. The summed E-state index contributed by atoms with van der Waals surface area (Å²) >= 11 is 9.58. The van der Waals surface area contributed by atoms with Gasteiger partial charge in [-0.2, -0.15) is 0 Å². The maximum atomic E-state index is 6.20. The second-order valence-corrected chi connectivity index (χ2v) is 7.09. The Kier molecular flexibility index (Phi) is 5.25. The number of aromatic nitrogens is 1. The Morgan fingerprint density at radius 2 is 2.00 bits per heavy atom. The zero-order valence-electron chi connectivity index (χ0n) is 12.3. The Hall–Kier alpha value is -1.10. The average Bonchev–Trinajstić information content (AvgIpc) is 2.40. The lowest BCUT2D eigenvalue weighted by Crippen LogP contribution is -2.35. The van der Waals surface area contributed by atoms with Crippen LogP contribution in [0.25, 0.3) is 0 Å². The van der Waals surface area contributed by atoms with Crippen molar-refractivity contribution in [2.24, 2.45) is 0 Å². The average molecular weight is 370 g/mol. The molecule has 2 aromatic rings. The number of nitrogens with one attached hydrogen (secondary N) is 1. The molecule has 0 saturated carbocycles. The monoisotopic (exact) mass is 368 g/mol. The number of ether oxygens (including phenoxy) is 1. The topological polar surface area (TPSA) is 34.2 Å². The van der Waals surface area contributed by atoms with Crippen LogP contribution in [-0.4, -0.2) is 10.5 Å². The van der Waals surface area contributed by atoms with Crippen LogP contribution in [0.15, 0.2) is 41.1 Å². The van der Waals surface area contributed by atoms with Crippen molar-refractivity contribution in [2.75, 3.05) is 0 Å². The van der Waals surface area contributed by atoms with Gasteiger partial charge in [0.1, 0.15) is 11.5 Å². The highest BCUT2D eigenvalue weighted by Gasteiger charge is 2.12. The molecule has 0 amide bonds. The second-order valence-electron chi connectivity index (χ2n) is 5.76. The first-order chi connectivity index (χ1) is 9.85. The lowest BCUT2D eigenvalue weighted by atomic mass is 10.1. The van der Waals surface area contributed by atoms with E-state index in [0.717, 1.165) is 15.8 Å². The summed E-state index contributed by atoms with van der Waals surface area (Å²) in [6.45, 7) is 7.04. The van der Waals surface area contributed by atoms with Gasteiger partial charge in [0.2, 0.25) is 0 Å². The van der Waals surface area contributed by atoms with Gasteiger partial charge >= 0.3 is 0 Å². The molecule has 0 bridgehead atoms. The summed E-state index contributed by atoms with van der Waals surface area (Å²) < 4.78 is 6.85. The van der Waals surface area contributed by atoms with Gasteiger partial charge in [0.25, 0.3) is 0 Å². The molecule has 1 heterocycles. The Morgan fingerprint density at radius 1 is 1.24 bits per heavy atom. The van der Waals surface area contributed by atoms with E-state index in [1.807, 2.05) is 24.3 Å². The number of hydrogen-bond donors (Lipinski definition) is 1. The lowest BCUT2D eigenvalue weighted by molar-refractivity contribution is 0.413. The minimum absolute atomic E-state index is 0.0301. The van der Waals surface area contributed by atoms with Crippen LogP contribution in [0.5, 0.6) is 11.5 Å². The number of hydrogen-bond acceptors (Lipinski definition) is 3. The first-order valence-corrected chi connectivity index (χ1v) is 7.83. The summed E-state index contributed by atoms with van der Waals surface area (Å²) in [6, 6.07) is 7.40. The van der Waals surface area contributed by atoms with Gasteiger partial charge in [-0.25, -0.2) is 0 Å². The molecule has 5 heteroatoms. The van der Waals surface area contributed by atoms with Gasteiger partial charge in [0.15, 0.2) is 0 Å². The molecule has 0 aliphatic rings. The van der Waals surface area contributed by atoms with Crippen molar-refractivity contribution < 1.29 is 4.74 Å². The highest BCUT2D eigenvalue weighted by molar-refractivity contribution is 9.10. The summed E-state index contributed by atoms with van der Waals surface area (Å²) in [6.07, 6.45) is 3.52. The van der Waals surface area contributed by atoms with Crippen molar-refractivity contribution in [1.29, 1.82) is 0 Å². The Morgan fingerprint density at radius 3 is 2.67 bits per heavy atom. The van der Waals surface area contributed by atoms with Crippen LogP contribution in [0.3, 0.4) is 0 Å². The van der Waals surface area contributed by atoms with E-state index >= 15 is 0 Å². The van der Waals surface area contributed by atoms with Gasteiger partial charge in [-0.05, 0) is 45.0 Å². The standard InChI is InChI=1S/C16H18BrClN2O/c1-16(2,3)20-10-11-9-19-7-6-14(11)21-15-5-4-12(17)8-13(15)18/h4-9,20H,10H2,1-3H3. The maximum Gasteiger partial charge on any atom is 0.146 e. The molecule has 1 aromatic carbocycles. The van der Waals surface area contributed by atoms with Crippen LogP contribution in [0.1, 0.15) is 26.3 Å². The largest absolute Gasteiger partial charge is 0.455 e. The van der Waals surface area contributed by atoms with Crippen molar-refractivity contribution >= 4 is 27.5 Å². The quantitative estimate of drug-likeness (QED) is 0.806. The minimum atomic E-state index is 0.0301. The summed E-state index contributed by atoms with van der Waals surface area (Å²) in [7, 11) is 0. The highest BCUT2D eigenvalue weighted by atomic mass is 79.9. The molecule has 0 saturated heterocycles. The molecule has 1 aromatic heterocycles. The molecule has 1 N–H and O–H groups in total. The van der Waals surface area contributed by atoms with Crippen LogP contribution in [0.4, 0.5) is 0 Å². The summed E-state index contributed by atoms with van der Waals surface area (Å²) in [5.41, 5.74) is 1.02. The van der Waals surface area contributed by atoms with Gasteiger partial charge in [0.05, 0.1) is 5.02 Å². The molecule has 21 heavy (non-hydrogen) atoms. The van der Waals surface area contributed by atoms with Gasteiger partial charge in [0, 0.05) is 34.5 Å². The fraction of sp³-hybridized carbons (Fsp3) is 0.312. The third-order valence-corrected chi connectivity index (χ3v) is 3.57. The van der Waals surface area contributed by atoms with Gasteiger partial charge < -0.3 is 10.1 Å². The summed E-state index contributed by atoms with van der Waals surface area (Å²) in [5, 5.41) is 3.99. The van der Waals surface area contributed by atoms with E-state index in [4.69, 9.17) is 16.3 Å². The van der Waals surface area contributed by atoms with Crippen molar-refractivity contribution in [3.8, 4) is 11.5 Å². The van der Waals surface area contributed by atoms with Crippen LogP contribution >= 0.6 is 27.5 Å². The molecule has 3 nitrogen and oxygen atoms in total. The normalized spacial score (nSPS) is 11.5. The molecule has 112 valence electrons. The number of nitrogens with zero attached hydrogens (tertiary/aromatic N) is 1. The van der Waals surface area contributed by atoms with E-state index in [1.54, 1.807) is 12.4 Å². The Bertz CT molecular complexity index is 626. The first kappa shape index (κ1) is 16.3. The minimum Gasteiger partial charge on any atom is -0.455 e. The SMILES string of the molecule is CC(C)(C)NCc1cnccc1Oc1ccc(Br)cc1Cl. The molecule has 0 atom stereocenters. The van der Waals surface area contributed by atoms with E-state index < -0.39 is 0 Å². The van der Waals surface area contributed by atoms with Gasteiger partial charge in [-0.3, -0.25) is 4.98 Å². The smallest absolute Gasteiger partial charge is 0.146 e. The zero-order valence-corrected chi connectivity index (χ0v) is 14.6. The number of pyridine rings is 1. The lowest BCUT2D eigenvalue weighted by Gasteiger charge is -2.21. The first-order valence-electron chi connectivity index (χ1n) is 6.66. The predicted molar refractivity (Wildman–Crippen MR) is 90.1 cm³/mol. The fourth-order valence-corrected chi connectivity index (χ4v) is 2.40. The number of rotatable bonds is 4. The molecule has 0 spiro atoms.